The van der Waals surface area contributed by atoms with Gasteiger partial charge in [-0.05, 0) is 114 Å². The number of cyclic esters (lactones) is 1. The fraction of sp³-hybridized carbons (Fsp3) is 0.698. The highest BCUT2D eigenvalue weighted by atomic mass is 16.7. The smallest absolute Gasteiger partial charge is 0.329 e. The third-order valence-corrected chi connectivity index (χ3v) is 14.6. The van der Waals surface area contributed by atoms with Gasteiger partial charge in [-0.1, -0.05) is 81.8 Å². The highest BCUT2D eigenvalue weighted by Gasteiger charge is 2.56. The molecule has 0 spiro atoms. The van der Waals surface area contributed by atoms with Gasteiger partial charge in [0.25, 0.3) is 11.7 Å². The van der Waals surface area contributed by atoms with E-state index in [1.165, 1.54) is 4.90 Å². The summed E-state index contributed by atoms with van der Waals surface area (Å²) in [6.45, 7) is 13.9. The summed E-state index contributed by atoms with van der Waals surface area (Å²) >= 11 is 0. The fourth-order valence-electron chi connectivity index (χ4n) is 10.7. The number of esters is 1. The molecule has 2 N–H and O–H groups in total. The minimum absolute atomic E-state index is 0.0326. The Morgan fingerprint density at radius 3 is 2.23 bits per heavy atom. The Morgan fingerprint density at radius 2 is 1.56 bits per heavy atom. The Hall–Kier alpha value is -3.56. The number of hydrogen-bond acceptors (Lipinski definition) is 12. The van der Waals surface area contributed by atoms with Crippen molar-refractivity contribution in [1.29, 1.82) is 0 Å². The second-order valence-electron chi connectivity index (χ2n) is 19.8. The predicted octanol–water partition coefficient (Wildman–Crippen LogP) is 7.60. The molecule has 1 aliphatic carbocycles. The number of Topliss-reactive ketones (excluding diaryl/α,β-unsaturated/α-hetero) is 2. The summed E-state index contributed by atoms with van der Waals surface area (Å²) in [6.07, 6.45) is 6.99. The fourth-order valence-corrected chi connectivity index (χ4v) is 10.7. The van der Waals surface area contributed by atoms with E-state index in [0.717, 1.165) is 29.6 Å². The van der Waals surface area contributed by atoms with Gasteiger partial charge in [0.05, 0.1) is 37.1 Å². The highest BCUT2D eigenvalue weighted by molar-refractivity contribution is 6.39. The summed E-state index contributed by atoms with van der Waals surface area (Å²) in [4.78, 5) is 58.4. The van der Waals surface area contributed by atoms with Gasteiger partial charge < -0.3 is 43.5 Å². The molecule has 13 heteroatoms. The standard InChI is InChI=1S/C53H79NO12/c1-11-40-25-32(2)23-33(3)26-46(62-9)49-47(63-10)28-36(6)53(60,66-49)50(57)51(58)54-22-16-15-19-41(54)52(59)65-48(37(7)42(55)30-43(40)56)35(5)27-39-20-21-44(45(29-39)61-8)64-31-34(4)24-38-17-13-12-14-18-38/h12-14,17-18,24-25,27,33,36-37,39-42,44-49,55,60H,11,15-16,19-23,26,28-31H2,1-10H3/b32-25+,34-24+,35-27+/t33-,36+,37+,39-,40+,41-,42-,44+,45+,46-,47-,48+,49+,53+/m0/s1. The number of amides is 1. The first kappa shape index (κ1) is 53.4. The van der Waals surface area contributed by atoms with Gasteiger partial charge in [-0.15, -0.1) is 0 Å². The Balaban J connectivity index is 1.45. The Kier molecular flexibility index (Phi) is 19.9. The van der Waals surface area contributed by atoms with E-state index < -0.39 is 77.8 Å². The Morgan fingerprint density at radius 1 is 0.879 bits per heavy atom. The van der Waals surface area contributed by atoms with Crippen molar-refractivity contribution >= 4 is 29.5 Å². The molecule has 0 radical (unpaired) electrons. The number of methoxy groups -OCH3 is 3. The molecule has 2 saturated heterocycles. The number of carbonyl (C=O) groups excluding carboxylic acids is 4. The van der Waals surface area contributed by atoms with Gasteiger partial charge in [-0.3, -0.25) is 14.4 Å². The lowest BCUT2D eigenvalue weighted by molar-refractivity contribution is -0.302. The predicted molar refractivity (Wildman–Crippen MR) is 252 cm³/mol. The molecule has 3 fully saturated rings. The number of aliphatic hydroxyl groups excluding tert-OH is 1. The molecule has 1 amide bonds. The third kappa shape index (κ3) is 13.4. The van der Waals surface area contributed by atoms with Crippen molar-refractivity contribution in [2.45, 2.75) is 174 Å². The van der Waals surface area contributed by atoms with Crippen molar-refractivity contribution in [3.63, 3.8) is 0 Å². The molecule has 3 aliphatic heterocycles. The average Bonchev–Trinajstić information content (AvgIpc) is 3.30. The molecule has 14 atom stereocenters. The first-order chi connectivity index (χ1) is 31.4. The molecule has 0 aromatic heterocycles. The molecular weight excluding hydrogens is 843 g/mol. The average molecular weight is 922 g/mol. The van der Waals surface area contributed by atoms with Crippen LogP contribution in [0.25, 0.3) is 6.08 Å². The van der Waals surface area contributed by atoms with E-state index in [9.17, 15) is 29.4 Å². The first-order valence-corrected chi connectivity index (χ1v) is 24.4. The van der Waals surface area contributed by atoms with E-state index >= 15 is 0 Å². The lowest BCUT2D eigenvalue weighted by Gasteiger charge is -2.47. The quantitative estimate of drug-likeness (QED) is 0.134. The maximum Gasteiger partial charge on any atom is 0.329 e. The molecule has 1 aromatic carbocycles. The molecule has 13 nitrogen and oxygen atoms in total. The van der Waals surface area contributed by atoms with Gasteiger partial charge in [0.2, 0.25) is 5.79 Å². The number of benzene rings is 1. The van der Waals surface area contributed by atoms with Crippen LogP contribution in [0.2, 0.25) is 0 Å². The van der Waals surface area contributed by atoms with E-state index in [1.54, 1.807) is 35.2 Å². The van der Waals surface area contributed by atoms with Crippen molar-refractivity contribution in [3.8, 4) is 0 Å². The number of fused-ring (bicyclic) bond motifs is 3. The maximum atomic E-state index is 14.5. The molecule has 2 bridgehead atoms. The first-order valence-electron chi connectivity index (χ1n) is 24.4. The minimum atomic E-state index is -2.51. The zero-order valence-electron chi connectivity index (χ0n) is 41.2. The molecular formula is C53H79NO12. The van der Waals surface area contributed by atoms with E-state index in [4.69, 9.17) is 28.4 Å². The molecule has 1 saturated carbocycles. The lowest BCUT2D eigenvalue weighted by atomic mass is 9.81. The SMILES string of the molecule is CC[C@@H]1/C=C(\C)C[C@H](C)C[C@H](OC)[C@H]2O[C@@](O)(C(=O)C(=O)N3CCCC[C@H]3C(=O)O[C@H](/C(C)=C/[C@@H]3CC[C@@H](OC/C(C)=C/c4ccccc4)[C@H](OC)C3)[C@H](C)[C@@H](O)CC1=O)[C@H](C)C[C@@H]2OC. The van der Waals surface area contributed by atoms with Crippen molar-refractivity contribution in [2.75, 3.05) is 34.5 Å². The van der Waals surface area contributed by atoms with Crippen LogP contribution in [-0.4, -0.2) is 128 Å². The molecule has 5 rings (SSSR count). The number of hydrogen-bond donors (Lipinski definition) is 2. The summed E-state index contributed by atoms with van der Waals surface area (Å²) in [6, 6.07) is 8.98. The van der Waals surface area contributed by atoms with Gasteiger partial charge >= 0.3 is 5.97 Å². The van der Waals surface area contributed by atoms with Crippen LogP contribution in [-0.2, 0) is 47.6 Å². The second-order valence-corrected chi connectivity index (χ2v) is 19.8. The van der Waals surface area contributed by atoms with Crippen molar-refractivity contribution < 1.29 is 57.8 Å². The number of piperidine rings is 1. The monoisotopic (exact) mass is 922 g/mol. The topological polar surface area (TPSA) is 167 Å². The summed E-state index contributed by atoms with van der Waals surface area (Å²) in [5.41, 5.74) is 3.92. The zero-order chi connectivity index (χ0) is 48.3. The van der Waals surface area contributed by atoms with Gasteiger partial charge in [0.15, 0.2) is 0 Å². The van der Waals surface area contributed by atoms with Crippen LogP contribution in [0.4, 0.5) is 0 Å². The molecule has 0 unspecified atom stereocenters. The molecule has 4 aliphatic rings. The van der Waals surface area contributed by atoms with E-state index in [2.05, 4.69) is 38.1 Å². The van der Waals surface area contributed by atoms with E-state index in [1.807, 2.05) is 45.0 Å². The van der Waals surface area contributed by atoms with Gasteiger partial charge in [0.1, 0.15) is 24.0 Å². The number of rotatable bonds is 10. The van der Waals surface area contributed by atoms with Crippen LogP contribution in [0.5, 0.6) is 0 Å². The van der Waals surface area contributed by atoms with E-state index in [0.29, 0.717) is 50.7 Å². The normalized spacial score (nSPS) is 37.3. The number of allylic oxidation sites excluding steroid dienone is 3. The number of ether oxygens (including phenoxy) is 6. The van der Waals surface area contributed by atoms with Crippen molar-refractivity contribution in [2.24, 2.45) is 29.6 Å². The highest BCUT2D eigenvalue weighted by Crippen LogP contribution is 2.39. The Labute approximate surface area is 393 Å². The summed E-state index contributed by atoms with van der Waals surface area (Å²) in [7, 11) is 4.77. The summed E-state index contributed by atoms with van der Waals surface area (Å²) in [5.74, 6) is -7.44. The lowest BCUT2D eigenvalue weighted by Crippen LogP contribution is -2.64. The van der Waals surface area contributed by atoms with Crippen LogP contribution in [0, 0.1) is 29.6 Å². The second kappa shape index (κ2) is 24.6. The van der Waals surface area contributed by atoms with Crippen molar-refractivity contribution in [3.05, 3.63) is 64.8 Å². The number of ketones is 2. The van der Waals surface area contributed by atoms with Gasteiger partial charge in [-0.2, -0.15) is 0 Å². The van der Waals surface area contributed by atoms with Crippen LogP contribution >= 0.6 is 0 Å². The number of carbonyl (C=O) groups is 4. The molecule has 368 valence electrons. The minimum Gasteiger partial charge on any atom is -0.456 e. The summed E-state index contributed by atoms with van der Waals surface area (Å²) < 4.78 is 36.8. The van der Waals surface area contributed by atoms with Gasteiger partial charge in [-0.25, -0.2) is 4.79 Å². The van der Waals surface area contributed by atoms with Crippen LogP contribution in [0.15, 0.2) is 59.2 Å². The van der Waals surface area contributed by atoms with E-state index in [-0.39, 0.29) is 55.6 Å². The maximum absolute atomic E-state index is 14.5. The largest absolute Gasteiger partial charge is 0.456 e. The van der Waals surface area contributed by atoms with Crippen LogP contribution in [0.3, 0.4) is 0 Å². The van der Waals surface area contributed by atoms with Crippen LogP contribution < -0.4 is 0 Å². The number of aliphatic hydroxyl groups is 2. The van der Waals surface area contributed by atoms with Gasteiger partial charge in [0, 0.05) is 52.0 Å². The molecule has 66 heavy (non-hydrogen) atoms. The Bertz CT molecular complexity index is 1880. The van der Waals surface area contributed by atoms with Crippen LogP contribution in [0.1, 0.15) is 125 Å². The summed E-state index contributed by atoms with van der Waals surface area (Å²) in [5, 5.41) is 24.0. The molecule has 1 aromatic rings. The molecule has 3 heterocycles. The zero-order valence-corrected chi connectivity index (χ0v) is 41.2. The van der Waals surface area contributed by atoms with Crippen molar-refractivity contribution in [1.82, 2.24) is 4.90 Å². The third-order valence-electron chi connectivity index (χ3n) is 14.6. The number of nitrogens with zero attached hydrogens (tertiary/aromatic N) is 1.